The Bertz CT molecular complexity index is 961. The van der Waals surface area contributed by atoms with Gasteiger partial charge in [-0.1, -0.05) is 12.5 Å². The fourth-order valence-electron chi connectivity index (χ4n) is 2.90. The molecule has 0 atom stereocenters. The zero-order valence-corrected chi connectivity index (χ0v) is 16.7. The number of amides is 1. The van der Waals surface area contributed by atoms with Gasteiger partial charge in [0, 0.05) is 23.7 Å². The molecule has 0 spiro atoms. The molecule has 3 rings (SSSR count). The van der Waals surface area contributed by atoms with Crippen molar-refractivity contribution in [2.45, 2.75) is 29.1 Å². The molecule has 1 amide bonds. The molecule has 1 heterocycles. The largest absolute Gasteiger partial charge is 0.325 e. The van der Waals surface area contributed by atoms with Gasteiger partial charge in [-0.3, -0.25) is 4.79 Å². The van der Waals surface area contributed by atoms with E-state index in [2.05, 4.69) is 5.32 Å². The van der Waals surface area contributed by atoms with Crippen LogP contribution in [0.2, 0.25) is 0 Å². The fraction of sp³-hybridized carbons (Fsp3) is 0.316. The standard InChI is InChI=1S/C19H20F2N2O3S2/c20-17-8-7-15(12-18(17)21)27-13-19(24)22-14-5-4-6-16(11-14)28(25,26)23-9-2-1-3-10-23/h4-8,11-12H,1-3,9-10,13H2,(H,22,24). The van der Waals surface area contributed by atoms with Crippen LogP contribution in [0.4, 0.5) is 14.5 Å². The van der Waals surface area contributed by atoms with E-state index in [9.17, 15) is 22.0 Å². The van der Waals surface area contributed by atoms with Crippen LogP contribution in [0.15, 0.2) is 52.3 Å². The number of carbonyl (C=O) groups excluding carboxylic acids is 1. The van der Waals surface area contributed by atoms with Crippen molar-refractivity contribution in [2.24, 2.45) is 0 Å². The molecule has 1 N–H and O–H groups in total. The molecule has 0 unspecified atom stereocenters. The summed E-state index contributed by atoms with van der Waals surface area (Å²) < 4.78 is 53.1. The lowest BCUT2D eigenvalue weighted by Gasteiger charge is -2.26. The summed E-state index contributed by atoms with van der Waals surface area (Å²) in [6.07, 6.45) is 2.71. The highest BCUT2D eigenvalue weighted by Crippen LogP contribution is 2.24. The Kier molecular flexibility index (Phi) is 6.69. The van der Waals surface area contributed by atoms with Crippen LogP contribution in [-0.2, 0) is 14.8 Å². The number of thioether (sulfide) groups is 1. The number of benzene rings is 2. The number of nitrogens with one attached hydrogen (secondary N) is 1. The molecule has 150 valence electrons. The molecule has 0 radical (unpaired) electrons. The Balaban J connectivity index is 1.63. The summed E-state index contributed by atoms with van der Waals surface area (Å²) in [7, 11) is -3.58. The van der Waals surface area contributed by atoms with Gasteiger partial charge in [-0.25, -0.2) is 17.2 Å². The smallest absolute Gasteiger partial charge is 0.243 e. The highest BCUT2D eigenvalue weighted by molar-refractivity contribution is 8.00. The van der Waals surface area contributed by atoms with Gasteiger partial charge in [0.25, 0.3) is 0 Å². The second-order valence-electron chi connectivity index (χ2n) is 6.41. The molecular formula is C19H20F2N2O3S2. The topological polar surface area (TPSA) is 66.5 Å². The van der Waals surface area contributed by atoms with Crippen LogP contribution in [0.3, 0.4) is 0 Å². The Morgan fingerprint density at radius 2 is 1.79 bits per heavy atom. The Morgan fingerprint density at radius 1 is 1.04 bits per heavy atom. The minimum absolute atomic E-state index is 0.0197. The minimum Gasteiger partial charge on any atom is -0.325 e. The maximum absolute atomic E-state index is 13.2. The van der Waals surface area contributed by atoms with Crippen LogP contribution in [0.25, 0.3) is 0 Å². The number of piperidine rings is 1. The van der Waals surface area contributed by atoms with E-state index in [0.29, 0.717) is 23.7 Å². The molecule has 0 aliphatic carbocycles. The van der Waals surface area contributed by atoms with E-state index in [4.69, 9.17) is 0 Å². The maximum atomic E-state index is 13.2. The number of nitrogens with zero attached hydrogens (tertiary/aromatic N) is 1. The van der Waals surface area contributed by atoms with Crippen molar-refractivity contribution in [1.29, 1.82) is 0 Å². The molecule has 1 saturated heterocycles. The monoisotopic (exact) mass is 426 g/mol. The van der Waals surface area contributed by atoms with Crippen LogP contribution in [-0.4, -0.2) is 37.5 Å². The van der Waals surface area contributed by atoms with Crippen molar-refractivity contribution in [3.8, 4) is 0 Å². The van der Waals surface area contributed by atoms with Gasteiger partial charge in [0.15, 0.2) is 11.6 Å². The van der Waals surface area contributed by atoms with Gasteiger partial charge in [-0.2, -0.15) is 4.31 Å². The lowest BCUT2D eigenvalue weighted by molar-refractivity contribution is -0.113. The minimum atomic E-state index is -3.58. The van der Waals surface area contributed by atoms with E-state index in [0.717, 1.165) is 43.2 Å². The van der Waals surface area contributed by atoms with Crippen molar-refractivity contribution in [1.82, 2.24) is 4.31 Å². The summed E-state index contributed by atoms with van der Waals surface area (Å²) in [5, 5.41) is 2.64. The molecule has 2 aromatic carbocycles. The molecule has 0 saturated carbocycles. The third kappa shape index (κ3) is 5.09. The zero-order valence-electron chi connectivity index (χ0n) is 15.0. The van der Waals surface area contributed by atoms with Crippen molar-refractivity contribution >= 4 is 33.4 Å². The highest BCUT2D eigenvalue weighted by Gasteiger charge is 2.26. The maximum Gasteiger partial charge on any atom is 0.243 e. The number of carbonyl (C=O) groups is 1. The number of halogens is 2. The Hall–Kier alpha value is -1.97. The molecule has 1 aliphatic rings. The first-order valence-electron chi connectivity index (χ1n) is 8.84. The van der Waals surface area contributed by atoms with E-state index in [1.807, 2.05) is 0 Å². The molecule has 0 aromatic heterocycles. The predicted molar refractivity (Wildman–Crippen MR) is 105 cm³/mol. The van der Waals surface area contributed by atoms with Crippen molar-refractivity contribution in [2.75, 3.05) is 24.2 Å². The van der Waals surface area contributed by atoms with Crippen LogP contribution >= 0.6 is 11.8 Å². The third-order valence-electron chi connectivity index (χ3n) is 4.33. The average Bonchev–Trinajstić information content (AvgIpc) is 2.70. The van der Waals surface area contributed by atoms with Gasteiger partial charge in [0.2, 0.25) is 15.9 Å². The summed E-state index contributed by atoms with van der Waals surface area (Å²) in [6.45, 7) is 1.01. The number of hydrogen-bond donors (Lipinski definition) is 1. The number of anilines is 1. The summed E-state index contributed by atoms with van der Waals surface area (Å²) in [5.74, 6) is -2.31. The molecule has 0 bridgehead atoms. The van der Waals surface area contributed by atoms with Gasteiger partial charge in [-0.15, -0.1) is 11.8 Å². The van der Waals surface area contributed by atoms with E-state index in [1.165, 1.54) is 22.5 Å². The quantitative estimate of drug-likeness (QED) is 0.712. The fourth-order valence-corrected chi connectivity index (χ4v) is 5.19. The molecule has 1 fully saturated rings. The van der Waals surface area contributed by atoms with Crippen molar-refractivity contribution < 1.29 is 22.0 Å². The van der Waals surface area contributed by atoms with Gasteiger partial charge < -0.3 is 5.32 Å². The normalized spacial score (nSPS) is 15.4. The number of rotatable bonds is 6. The molecule has 2 aromatic rings. The van der Waals surface area contributed by atoms with Crippen molar-refractivity contribution in [3.05, 3.63) is 54.1 Å². The van der Waals surface area contributed by atoms with Crippen LogP contribution in [0.5, 0.6) is 0 Å². The van der Waals surface area contributed by atoms with Crippen molar-refractivity contribution in [3.63, 3.8) is 0 Å². The Labute approximate surface area is 167 Å². The molecular weight excluding hydrogens is 406 g/mol. The first kappa shape index (κ1) is 20.8. The van der Waals surface area contributed by atoms with Gasteiger partial charge in [0.05, 0.1) is 10.6 Å². The first-order chi connectivity index (χ1) is 13.4. The van der Waals surface area contributed by atoms with Gasteiger partial charge in [0.1, 0.15) is 0 Å². The average molecular weight is 427 g/mol. The lowest BCUT2D eigenvalue weighted by Crippen LogP contribution is -2.35. The predicted octanol–water partition coefficient (Wildman–Crippen LogP) is 3.87. The number of hydrogen-bond acceptors (Lipinski definition) is 4. The van der Waals surface area contributed by atoms with E-state index in [-0.39, 0.29) is 16.6 Å². The van der Waals surface area contributed by atoms with Crippen LogP contribution in [0, 0.1) is 11.6 Å². The van der Waals surface area contributed by atoms with Crippen LogP contribution in [0.1, 0.15) is 19.3 Å². The first-order valence-corrected chi connectivity index (χ1v) is 11.3. The summed E-state index contributed by atoms with van der Waals surface area (Å²) in [4.78, 5) is 12.7. The molecule has 28 heavy (non-hydrogen) atoms. The Morgan fingerprint density at radius 3 is 2.50 bits per heavy atom. The second kappa shape index (κ2) is 9.02. The summed E-state index contributed by atoms with van der Waals surface area (Å²) >= 11 is 1.06. The van der Waals surface area contributed by atoms with E-state index < -0.39 is 21.7 Å². The molecule has 5 nitrogen and oxygen atoms in total. The molecule has 9 heteroatoms. The number of sulfonamides is 1. The van der Waals surface area contributed by atoms with E-state index in [1.54, 1.807) is 12.1 Å². The van der Waals surface area contributed by atoms with Gasteiger partial charge in [-0.05, 0) is 49.2 Å². The lowest BCUT2D eigenvalue weighted by atomic mass is 10.2. The van der Waals surface area contributed by atoms with Crippen LogP contribution < -0.4 is 5.32 Å². The summed E-state index contributed by atoms with van der Waals surface area (Å²) in [6, 6.07) is 9.55. The van der Waals surface area contributed by atoms with Gasteiger partial charge >= 0.3 is 0 Å². The molecule has 1 aliphatic heterocycles. The zero-order chi connectivity index (χ0) is 20.1. The third-order valence-corrected chi connectivity index (χ3v) is 7.22. The van der Waals surface area contributed by atoms with E-state index >= 15 is 0 Å². The highest BCUT2D eigenvalue weighted by atomic mass is 32.2. The SMILES string of the molecule is O=C(CSc1ccc(F)c(F)c1)Nc1cccc(S(=O)(=O)N2CCCCC2)c1. The summed E-state index contributed by atoms with van der Waals surface area (Å²) in [5.41, 5.74) is 0.369. The second-order valence-corrected chi connectivity index (χ2v) is 9.39.